The summed E-state index contributed by atoms with van der Waals surface area (Å²) < 4.78 is 21.2. The van der Waals surface area contributed by atoms with Crippen molar-refractivity contribution in [3.63, 3.8) is 0 Å². The second-order valence-corrected chi connectivity index (χ2v) is 7.60. The van der Waals surface area contributed by atoms with Crippen molar-refractivity contribution in [2.45, 2.75) is 5.03 Å². The van der Waals surface area contributed by atoms with Gasteiger partial charge in [-0.3, -0.25) is 4.79 Å². The van der Waals surface area contributed by atoms with Crippen LogP contribution in [0.15, 0.2) is 53.6 Å². The summed E-state index contributed by atoms with van der Waals surface area (Å²) in [6.07, 6.45) is 0. The summed E-state index contributed by atoms with van der Waals surface area (Å²) in [5.74, 6) is 2.27. The Morgan fingerprint density at radius 3 is 2.69 bits per heavy atom. The van der Waals surface area contributed by atoms with Crippen molar-refractivity contribution in [3.05, 3.63) is 54.1 Å². The standard InChI is InChI=1S/C23H19N3O5S/c1-28-18-8-5-16(10-20(18)29-2)25-22(27)12-32-23-15(11-24)3-6-17(26-23)14-4-7-19-21(9-14)31-13-30-19/h3-10H,12-13H2,1-2H3,(H,25,27). The average Bonchev–Trinajstić information content (AvgIpc) is 3.30. The molecule has 1 aliphatic rings. The van der Waals surface area contributed by atoms with Gasteiger partial charge in [0, 0.05) is 17.3 Å². The average molecular weight is 449 g/mol. The van der Waals surface area contributed by atoms with Crippen molar-refractivity contribution in [1.29, 1.82) is 5.26 Å². The Morgan fingerprint density at radius 1 is 1.09 bits per heavy atom. The van der Waals surface area contributed by atoms with Gasteiger partial charge in [0.15, 0.2) is 23.0 Å². The van der Waals surface area contributed by atoms with E-state index in [0.29, 0.717) is 45.0 Å². The highest BCUT2D eigenvalue weighted by Crippen LogP contribution is 2.36. The van der Waals surface area contributed by atoms with E-state index < -0.39 is 0 Å². The monoisotopic (exact) mass is 449 g/mol. The largest absolute Gasteiger partial charge is 0.493 e. The number of benzene rings is 2. The van der Waals surface area contributed by atoms with Crippen LogP contribution in [-0.2, 0) is 4.79 Å². The minimum atomic E-state index is -0.235. The SMILES string of the molecule is COc1ccc(NC(=O)CSc2nc(-c3ccc4c(c3)OCO4)ccc2C#N)cc1OC. The number of nitriles is 1. The minimum absolute atomic E-state index is 0.0839. The Morgan fingerprint density at radius 2 is 1.91 bits per heavy atom. The predicted molar refractivity (Wildman–Crippen MR) is 119 cm³/mol. The van der Waals surface area contributed by atoms with Gasteiger partial charge in [0.1, 0.15) is 11.1 Å². The molecule has 0 saturated carbocycles. The summed E-state index contributed by atoms with van der Waals surface area (Å²) in [5, 5.41) is 12.7. The third-order valence-electron chi connectivity index (χ3n) is 4.66. The second kappa shape index (κ2) is 9.49. The van der Waals surface area contributed by atoms with Crippen LogP contribution in [0.3, 0.4) is 0 Å². The molecule has 0 unspecified atom stereocenters. The van der Waals surface area contributed by atoms with Gasteiger partial charge in [-0.1, -0.05) is 11.8 Å². The zero-order chi connectivity index (χ0) is 22.5. The number of thioether (sulfide) groups is 1. The molecule has 3 aromatic rings. The molecule has 0 spiro atoms. The number of hydrogen-bond acceptors (Lipinski definition) is 8. The molecular weight excluding hydrogens is 430 g/mol. The fraction of sp³-hybridized carbons (Fsp3) is 0.174. The molecule has 0 saturated heterocycles. The number of rotatable bonds is 7. The van der Waals surface area contributed by atoms with Crippen molar-refractivity contribution >= 4 is 23.4 Å². The number of nitrogens with one attached hydrogen (secondary N) is 1. The molecule has 2 aromatic carbocycles. The molecule has 0 fully saturated rings. The number of aromatic nitrogens is 1. The fourth-order valence-electron chi connectivity index (χ4n) is 3.10. The van der Waals surface area contributed by atoms with Crippen LogP contribution in [0.5, 0.6) is 23.0 Å². The lowest BCUT2D eigenvalue weighted by molar-refractivity contribution is -0.113. The molecule has 0 radical (unpaired) electrons. The first-order valence-corrected chi connectivity index (χ1v) is 10.6. The molecular formula is C23H19N3O5S. The predicted octanol–water partition coefficient (Wildman–Crippen LogP) is 4.10. The van der Waals surface area contributed by atoms with Crippen molar-refractivity contribution < 1.29 is 23.7 Å². The van der Waals surface area contributed by atoms with E-state index in [1.807, 2.05) is 18.2 Å². The number of fused-ring (bicyclic) bond motifs is 1. The number of methoxy groups -OCH3 is 2. The molecule has 1 aromatic heterocycles. The van der Waals surface area contributed by atoms with Gasteiger partial charge in [0.2, 0.25) is 12.7 Å². The van der Waals surface area contributed by atoms with Crippen LogP contribution in [0.25, 0.3) is 11.3 Å². The van der Waals surface area contributed by atoms with Gasteiger partial charge in [-0.25, -0.2) is 4.98 Å². The second-order valence-electron chi connectivity index (χ2n) is 6.64. The summed E-state index contributed by atoms with van der Waals surface area (Å²) in [6, 6.07) is 16.2. The molecule has 0 bridgehead atoms. The highest BCUT2D eigenvalue weighted by molar-refractivity contribution is 8.00. The van der Waals surface area contributed by atoms with Crippen LogP contribution in [0.4, 0.5) is 5.69 Å². The third kappa shape index (κ3) is 4.55. The number of pyridine rings is 1. The van der Waals surface area contributed by atoms with Gasteiger partial charge in [-0.05, 0) is 42.5 Å². The number of ether oxygens (including phenoxy) is 4. The molecule has 2 heterocycles. The van der Waals surface area contributed by atoms with Gasteiger partial charge in [-0.15, -0.1) is 0 Å². The number of anilines is 1. The highest BCUT2D eigenvalue weighted by Gasteiger charge is 2.16. The Hall–Kier alpha value is -3.90. The zero-order valence-electron chi connectivity index (χ0n) is 17.4. The zero-order valence-corrected chi connectivity index (χ0v) is 18.2. The summed E-state index contributed by atoms with van der Waals surface area (Å²) in [5.41, 5.74) is 2.48. The number of carbonyl (C=O) groups is 1. The molecule has 0 atom stereocenters. The molecule has 1 N–H and O–H groups in total. The van der Waals surface area contributed by atoms with Gasteiger partial charge in [-0.2, -0.15) is 5.26 Å². The van der Waals surface area contributed by atoms with E-state index in [2.05, 4.69) is 16.4 Å². The molecule has 4 rings (SSSR count). The summed E-state index contributed by atoms with van der Waals surface area (Å²) in [7, 11) is 3.08. The summed E-state index contributed by atoms with van der Waals surface area (Å²) in [6.45, 7) is 0.190. The van der Waals surface area contributed by atoms with E-state index >= 15 is 0 Å². The first-order valence-electron chi connectivity index (χ1n) is 9.57. The van der Waals surface area contributed by atoms with Crippen LogP contribution in [0.1, 0.15) is 5.56 Å². The van der Waals surface area contributed by atoms with E-state index in [1.165, 1.54) is 18.9 Å². The van der Waals surface area contributed by atoms with Crippen molar-refractivity contribution in [2.75, 3.05) is 32.1 Å². The Balaban J connectivity index is 1.47. The number of nitrogens with zero attached hydrogens (tertiary/aromatic N) is 2. The number of carbonyl (C=O) groups excluding carboxylic acids is 1. The van der Waals surface area contributed by atoms with E-state index in [0.717, 1.165) is 5.56 Å². The van der Waals surface area contributed by atoms with Crippen molar-refractivity contribution in [1.82, 2.24) is 4.98 Å². The summed E-state index contributed by atoms with van der Waals surface area (Å²) in [4.78, 5) is 17.1. The Kier molecular flexibility index (Phi) is 6.33. The maximum Gasteiger partial charge on any atom is 0.234 e. The molecule has 8 nitrogen and oxygen atoms in total. The van der Waals surface area contributed by atoms with Crippen LogP contribution in [0, 0.1) is 11.3 Å². The van der Waals surface area contributed by atoms with Gasteiger partial charge >= 0.3 is 0 Å². The van der Waals surface area contributed by atoms with Crippen LogP contribution in [-0.4, -0.2) is 37.7 Å². The quantitative estimate of drug-likeness (QED) is 0.538. The van der Waals surface area contributed by atoms with E-state index in [4.69, 9.17) is 18.9 Å². The maximum absolute atomic E-state index is 12.5. The molecule has 32 heavy (non-hydrogen) atoms. The fourth-order valence-corrected chi connectivity index (χ4v) is 3.87. The van der Waals surface area contributed by atoms with E-state index in [-0.39, 0.29) is 18.5 Å². The Bertz CT molecular complexity index is 1210. The smallest absolute Gasteiger partial charge is 0.234 e. The normalized spacial score (nSPS) is 11.5. The molecule has 1 aliphatic heterocycles. The lowest BCUT2D eigenvalue weighted by atomic mass is 10.1. The minimum Gasteiger partial charge on any atom is -0.493 e. The maximum atomic E-state index is 12.5. The number of hydrogen-bond donors (Lipinski definition) is 1. The van der Waals surface area contributed by atoms with Gasteiger partial charge in [0.05, 0.1) is 31.2 Å². The summed E-state index contributed by atoms with van der Waals surface area (Å²) >= 11 is 1.19. The lowest BCUT2D eigenvalue weighted by Crippen LogP contribution is -2.14. The van der Waals surface area contributed by atoms with Crippen LogP contribution in [0.2, 0.25) is 0 Å². The van der Waals surface area contributed by atoms with E-state index in [9.17, 15) is 10.1 Å². The molecule has 1 amide bonds. The highest BCUT2D eigenvalue weighted by atomic mass is 32.2. The van der Waals surface area contributed by atoms with Crippen LogP contribution < -0.4 is 24.3 Å². The van der Waals surface area contributed by atoms with Gasteiger partial charge in [0.25, 0.3) is 0 Å². The topological polar surface area (TPSA) is 103 Å². The van der Waals surface area contributed by atoms with Gasteiger partial charge < -0.3 is 24.3 Å². The Labute approximate surface area is 189 Å². The first-order chi connectivity index (χ1) is 15.6. The molecule has 0 aliphatic carbocycles. The first kappa shape index (κ1) is 21.3. The third-order valence-corrected chi connectivity index (χ3v) is 5.65. The number of amides is 1. The lowest BCUT2D eigenvalue weighted by Gasteiger charge is -2.11. The van der Waals surface area contributed by atoms with Crippen molar-refractivity contribution in [3.8, 4) is 40.3 Å². The molecule has 9 heteroatoms. The molecule has 162 valence electrons. The van der Waals surface area contributed by atoms with Crippen LogP contribution >= 0.6 is 11.8 Å². The van der Waals surface area contributed by atoms with Crippen molar-refractivity contribution in [2.24, 2.45) is 0 Å². The van der Waals surface area contributed by atoms with E-state index in [1.54, 1.807) is 37.4 Å².